The van der Waals surface area contributed by atoms with Crippen LogP contribution in [0.4, 0.5) is 0 Å². The van der Waals surface area contributed by atoms with E-state index in [0.29, 0.717) is 22.2 Å². The van der Waals surface area contributed by atoms with Gasteiger partial charge in [-0.1, -0.05) is 0 Å². The third kappa shape index (κ3) is 4.55. The zero-order valence-electron chi connectivity index (χ0n) is 14.7. The Labute approximate surface area is 155 Å². The van der Waals surface area contributed by atoms with E-state index in [1.165, 1.54) is 6.20 Å². The monoisotopic (exact) mass is 408 g/mol. The Morgan fingerprint density at radius 3 is 2.64 bits per heavy atom. The van der Waals surface area contributed by atoms with Crippen molar-refractivity contribution < 1.29 is 19.1 Å². The van der Waals surface area contributed by atoms with Gasteiger partial charge in [0.1, 0.15) is 0 Å². The summed E-state index contributed by atoms with van der Waals surface area (Å²) in [6.45, 7) is 6.09. The first-order chi connectivity index (χ1) is 11.8. The van der Waals surface area contributed by atoms with Crippen molar-refractivity contribution in [3.8, 4) is 0 Å². The fraction of sp³-hybridized carbons (Fsp3) is 0.389. The van der Waals surface area contributed by atoms with Gasteiger partial charge in [-0.05, 0) is 48.8 Å². The molecule has 0 aliphatic rings. The maximum absolute atomic E-state index is 12.5. The summed E-state index contributed by atoms with van der Waals surface area (Å²) in [4.78, 5) is 28.4. The van der Waals surface area contributed by atoms with Crippen LogP contribution in [0.2, 0.25) is 0 Å². The first kappa shape index (κ1) is 19.3. The number of ether oxygens (including phenoxy) is 2. The van der Waals surface area contributed by atoms with Crippen LogP contribution in [0.5, 0.6) is 0 Å². The molecule has 0 aliphatic carbocycles. The van der Waals surface area contributed by atoms with Crippen LogP contribution in [0.1, 0.15) is 45.1 Å². The van der Waals surface area contributed by atoms with E-state index in [2.05, 4.69) is 25.5 Å². The van der Waals surface area contributed by atoms with Crippen LogP contribution in [-0.4, -0.2) is 41.6 Å². The summed E-state index contributed by atoms with van der Waals surface area (Å²) in [6.07, 6.45) is 2.97. The fourth-order valence-electron chi connectivity index (χ4n) is 2.87. The molecule has 0 spiro atoms. The third-order valence-electron chi connectivity index (χ3n) is 3.91. The van der Waals surface area contributed by atoms with Crippen LogP contribution >= 0.6 is 15.9 Å². The smallest absolute Gasteiger partial charge is 0.340 e. The van der Waals surface area contributed by atoms with E-state index in [4.69, 9.17) is 9.47 Å². The van der Waals surface area contributed by atoms with E-state index in [0.717, 1.165) is 11.4 Å². The number of esters is 1. The minimum atomic E-state index is -0.580. The largest absolute Gasteiger partial charge is 0.454 e. The summed E-state index contributed by atoms with van der Waals surface area (Å²) in [6, 6.07) is 3.53. The van der Waals surface area contributed by atoms with Crippen LogP contribution in [0.3, 0.4) is 0 Å². The number of carbonyl (C=O) groups is 2. The Morgan fingerprint density at radius 2 is 2.00 bits per heavy atom. The minimum Gasteiger partial charge on any atom is -0.454 e. The highest BCUT2D eigenvalue weighted by atomic mass is 79.9. The molecule has 2 aromatic rings. The van der Waals surface area contributed by atoms with Crippen molar-refractivity contribution in [1.29, 1.82) is 0 Å². The zero-order valence-corrected chi connectivity index (χ0v) is 16.3. The summed E-state index contributed by atoms with van der Waals surface area (Å²) in [5.74, 6) is -0.816. The number of pyridine rings is 1. The van der Waals surface area contributed by atoms with Gasteiger partial charge in [-0.3, -0.25) is 9.78 Å². The van der Waals surface area contributed by atoms with Crippen LogP contribution in [0, 0.1) is 13.8 Å². The Hall–Kier alpha value is -1.99. The van der Waals surface area contributed by atoms with Gasteiger partial charge in [0.15, 0.2) is 6.61 Å². The van der Waals surface area contributed by atoms with Crippen molar-refractivity contribution in [2.24, 2.45) is 0 Å². The molecule has 0 radical (unpaired) electrons. The van der Waals surface area contributed by atoms with E-state index in [1.54, 1.807) is 19.4 Å². The number of halogens is 1. The molecule has 0 saturated heterocycles. The van der Waals surface area contributed by atoms with Gasteiger partial charge in [0, 0.05) is 40.9 Å². The molecule has 0 bridgehead atoms. The highest BCUT2D eigenvalue weighted by Crippen LogP contribution is 2.21. The highest BCUT2D eigenvalue weighted by Gasteiger charge is 2.20. The molecular weight excluding hydrogens is 388 g/mol. The lowest BCUT2D eigenvalue weighted by Gasteiger charge is -2.17. The number of Topliss-reactive ketones (excluding diaryl/α,β-unsaturated/α-hetero) is 1. The Balaban J connectivity index is 2.09. The van der Waals surface area contributed by atoms with Crippen LogP contribution < -0.4 is 0 Å². The van der Waals surface area contributed by atoms with Gasteiger partial charge in [0.05, 0.1) is 18.2 Å². The van der Waals surface area contributed by atoms with Crippen molar-refractivity contribution in [3.63, 3.8) is 0 Å². The van der Waals surface area contributed by atoms with Gasteiger partial charge in [-0.15, -0.1) is 0 Å². The first-order valence-corrected chi connectivity index (χ1v) is 8.62. The van der Waals surface area contributed by atoms with Gasteiger partial charge in [0.25, 0.3) is 0 Å². The third-order valence-corrected chi connectivity index (χ3v) is 4.34. The standard InChI is InChI=1S/C18H21BrN2O4/c1-11-5-16(13(3)21(11)12(2)9-24-4)17(22)10-25-18(23)14-6-15(19)8-20-7-14/h5-8,12H,9-10H2,1-4H3. The lowest BCUT2D eigenvalue weighted by atomic mass is 10.1. The second-order valence-electron chi connectivity index (χ2n) is 5.85. The first-order valence-electron chi connectivity index (χ1n) is 7.83. The number of aryl methyl sites for hydroxylation is 1. The molecule has 134 valence electrons. The number of hydrogen-bond acceptors (Lipinski definition) is 5. The van der Waals surface area contributed by atoms with E-state index < -0.39 is 5.97 Å². The number of hydrogen-bond donors (Lipinski definition) is 0. The Kier molecular flexibility index (Phi) is 6.50. The van der Waals surface area contributed by atoms with E-state index >= 15 is 0 Å². The summed E-state index contributed by atoms with van der Waals surface area (Å²) in [5, 5.41) is 0. The molecule has 2 heterocycles. The van der Waals surface area contributed by atoms with Crippen molar-refractivity contribution >= 4 is 27.7 Å². The molecule has 0 saturated carbocycles. The summed E-state index contributed by atoms with van der Waals surface area (Å²) < 4.78 is 13.0. The van der Waals surface area contributed by atoms with E-state index in [-0.39, 0.29) is 18.4 Å². The van der Waals surface area contributed by atoms with Crippen LogP contribution in [0.15, 0.2) is 29.0 Å². The lowest BCUT2D eigenvalue weighted by Crippen LogP contribution is -2.17. The minimum absolute atomic E-state index is 0.113. The predicted molar refractivity (Wildman–Crippen MR) is 97.0 cm³/mol. The number of nitrogens with zero attached hydrogens (tertiary/aromatic N) is 2. The average molecular weight is 409 g/mol. The molecule has 0 aliphatic heterocycles. The van der Waals surface area contributed by atoms with Crippen molar-refractivity contribution in [1.82, 2.24) is 9.55 Å². The van der Waals surface area contributed by atoms with E-state index in [9.17, 15) is 9.59 Å². The molecule has 1 unspecified atom stereocenters. The molecule has 7 heteroatoms. The fourth-order valence-corrected chi connectivity index (χ4v) is 3.23. The molecule has 0 N–H and O–H groups in total. The maximum Gasteiger partial charge on any atom is 0.340 e. The molecule has 25 heavy (non-hydrogen) atoms. The Morgan fingerprint density at radius 1 is 1.28 bits per heavy atom. The normalized spacial score (nSPS) is 12.0. The topological polar surface area (TPSA) is 70.4 Å². The molecule has 2 aromatic heterocycles. The Bertz CT molecular complexity index is 785. The van der Waals surface area contributed by atoms with Crippen LogP contribution in [0.25, 0.3) is 0 Å². The number of rotatable bonds is 7. The van der Waals surface area contributed by atoms with Crippen molar-refractivity contribution in [2.75, 3.05) is 20.3 Å². The SMILES string of the molecule is COCC(C)n1c(C)cc(C(=O)COC(=O)c2cncc(Br)c2)c1C. The predicted octanol–water partition coefficient (Wildman–Crippen LogP) is 3.51. The lowest BCUT2D eigenvalue weighted by molar-refractivity contribution is 0.0474. The molecular formula is C18H21BrN2O4. The maximum atomic E-state index is 12.5. The second kappa shape index (κ2) is 8.40. The van der Waals surface area contributed by atoms with Gasteiger partial charge < -0.3 is 14.0 Å². The highest BCUT2D eigenvalue weighted by molar-refractivity contribution is 9.10. The quantitative estimate of drug-likeness (QED) is 0.517. The van der Waals surface area contributed by atoms with Gasteiger partial charge in [0.2, 0.25) is 5.78 Å². The summed E-state index contributed by atoms with van der Waals surface area (Å²) >= 11 is 3.24. The molecule has 2 rings (SSSR count). The van der Waals surface area contributed by atoms with Crippen LogP contribution in [-0.2, 0) is 9.47 Å². The zero-order chi connectivity index (χ0) is 18.6. The van der Waals surface area contributed by atoms with Crippen molar-refractivity contribution in [3.05, 3.63) is 51.5 Å². The molecule has 6 nitrogen and oxygen atoms in total. The summed E-state index contributed by atoms with van der Waals surface area (Å²) in [7, 11) is 1.65. The molecule has 0 amide bonds. The average Bonchev–Trinajstić information content (AvgIpc) is 2.87. The number of ketones is 1. The second-order valence-corrected chi connectivity index (χ2v) is 6.77. The molecule has 0 fully saturated rings. The van der Waals surface area contributed by atoms with Gasteiger partial charge >= 0.3 is 5.97 Å². The molecule has 0 aromatic carbocycles. The van der Waals surface area contributed by atoms with Gasteiger partial charge in [-0.2, -0.15) is 0 Å². The van der Waals surface area contributed by atoms with E-state index in [1.807, 2.05) is 26.8 Å². The van der Waals surface area contributed by atoms with Crippen molar-refractivity contribution in [2.45, 2.75) is 26.8 Å². The van der Waals surface area contributed by atoms with Gasteiger partial charge in [-0.25, -0.2) is 4.79 Å². The number of carbonyl (C=O) groups excluding carboxylic acids is 2. The molecule has 1 atom stereocenters. The number of methoxy groups -OCH3 is 1. The summed E-state index contributed by atoms with van der Waals surface area (Å²) in [5.41, 5.74) is 2.65. The number of aromatic nitrogens is 2.